The Bertz CT molecular complexity index is 233. The molecule has 0 atom stereocenters. The predicted octanol–water partition coefficient (Wildman–Crippen LogP) is 2.24. The van der Waals surface area contributed by atoms with Gasteiger partial charge in [-0.05, 0) is 21.1 Å². The smallest absolute Gasteiger partial charge is 0.0301 e. The van der Waals surface area contributed by atoms with Gasteiger partial charge in [0.15, 0.2) is 0 Å². The molecular weight excluding hydrogens is 223 g/mol. The number of rotatable bonds is 0. The summed E-state index contributed by atoms with van der Waals surface area (Å²) in [6.45, 7) is 1.87. The summed E-state index contributed by atoms with van der Waals surface area (Å²) >= 11 is 0.186. The van der Waals surface area contributed by atoms with E-state index in [-0.39, 0.29) is 20.7 Å². The lowest BCUT2D eigenvalue weighted by atomic mass is 10.3. The molecule has 1 aliphatic rings. The highest BCUT2D eigenvalue weighted by Crippen LogP contribution is 2.09. The van der Waals surface area contributed by atoms with Crippen molar-refractivity contribution in [3.63, 3.8) is 0 Å². The van der Waals surface area contributed by atoms with Crippen LogP contribution in [0.5, 0.6) is 0 Å². The third kappa shape index (κ3) is 2.15. The Hall–Kier alpha value is -0.360. The molecule has 9 heavy (non-hydrogen) atoms. The molecule has 1 aliphatic heterocycles. The van der Waals surface area contributed by atoms with E-state index in [1.165, 1.54) is 5.57 Å². The van der Waals surface area contributed by atoms with Crippen molar-refractivity contribution in [1.82, 2.24) is 0 Å². The Kier molecular flexibility index (Phi) is 2.72. The summed E-state index contributed by atoms with van der Waals surface area (Å²) in [6, 6.07) is 0. The quantitative estimate of drug-likeness (QED) is 0.442. The Labute approximate surface area is 65.4 Å². The molecule has 0 N–H and O–H groups in total. The molecule has 0 radical (unpaired) electrons. The van der Waals surface area contributed by atoms with Crippen molar-refractivity contribution in [2.45, 2.75) is 6.92 Å². The van der Waals surface area contributed by atoms with Crippen LogP contribution < -0.4 is 0 Å². The maximum Gasteiger partial charge on any atom is 0.0301 e. The minimum absolute atomic E-state index is 0.186. The molecule has 0 amide bonds. The van der Waals surface area contributed by atoms with Crippen molar-refractivity contribution >= 4 is 24.7 Å². The molecule has 0 aromatic carbocycles. The third-order valence-corrected chi connectivity index (χ3v) is 2.73. The van der Waals surface area contributed by atoms with E-state index in [4.69, 9.17) is 0 Å². The average Bonchev–Trinajstić information content (AvgIpc) is 1.91. The van der Waals surface area contributed by atoms with Gasteiger partial charge in [-0.3, -0.25) is 0 Å². The Morgan fingerprint density at radius 3 is 3.00 bits per heavy atom. The number of halogens is 1. The van der Waals surface area contributed by atoms with Crippen LogP contribution in [0.15, 0.2) is 21.8 Å². The summed E-state index contributed by atoms with van der Waals surface area (Å²) in [6.07, 6.45) is 4.15. The second-order valence-corrected chi connectivity index (χ2v) is 3.61. The fourth-order valence-electron chi connectivity index (χ4n) is 0.536. The molecule has 0 bridgehead atoms. The lowest BCUT2D eigenvalue weighted by molar-refractivity contribution is 1.81. The van der Waals surface area contributed by atoms with Crippen LogP contribution in [0.2, 0.25) is 0 Å². The van der Waals surface area contributed by atoms with Crippen molar-refractivity contribution in [3.05, 3.63) is 21.8 Å². The van der Waals surface area contributed by atoms with Gasteiger partial charge in [-0.25, -0.2) is 0 Å². The van der Waals surface area contributed by atoms with Crippen LogP contribution in [0.4, 0.5) is 0 Å². The van der Waals surface area contributed by atoms with E-state index in [0.29, 0.717) is 0 Å². The van der Waals surface area contributed by atoms with Crippen LogP contribution in [0.25, 0.3) is 0 Å². The van der Waals surface area contributed by atoms with E-state index in [1.54, 1.807) is 0 Å². The van der Waals surface area contributed by atoms with Crippen LogP contribution in [0.1, 0.15) is 6.92 Å². The van der Waals surface area contributed by atoms with Gasteiger partial charge in [-0.2, -0.15) is 0 Å². The van der Waals surface area contributed by atoms with Gasteiger partial charge in [-0.15, -0.1) is 5.92 Å². The summed E-state index contributed by atoms with van der Waals surface area (Å²) in [7, 11) is 0. The van der Waals surface area contributed by atoms with Crippen LogP contribution in [-0.2, 0) is 0 Å². The maximum absolute atomic E-state index is 3.02. The molecule has 0 aromatic heterocycles. The number of allylic oxidation sites excluding steroid dienone is 3. The predicted molar refractivity (Wildman–Crippen MR) is 50.8 cm³/mol. The molecule has 0 saturated heterocycles. The van der Waals surface area contributed by atoms with E-state index >= 15 is 0 Å². The molecule has 1 rings (SSSR count). The van der Waals surface area contributed by atoms with Gasteiger partial charge in [0, 0.05) is 5.57 Å². The normalized spacial score (nSPS) is 15.0. The minimum Gasteiger partial charge on any atom is -0.101 e. The van der Waals surface area contributed by atoms with E-state index in [9.17, 15) is 0 Å². The molecule has 0 saturated carbocycles. The standard InChI is InChI=1S/C8H7I/c1-2-4-8-5-3-6-9-7-8/h3,5-7H,1H3. The summed E-state index contributed by atoms with van der Waals surface area (Å²) in [4.78, 5) is 0. The average molecular weight is 230 g/mol. The van der Waals surface area contributed by atoms with Gasteiger partial charge in [0.05, 0.1) is 0 Å². The lowest BCUT2D eigenvalue weighted by Crippen LogP contribution is -1.72. The largest absolute Gasteiger partial charge is 0.101 e. The summed E-state index contributed by atoms with van der Waals surface area (Å²) in [5.74, 6) is 5.89. The molecule has 0 aromatic rings. The van der Waals surface area contributed by atoms with Gasteiger partial charge < -0.3 is 0 Å². The molecule has 1 heteroatoms. The highest BCUT2D eigenvalue weighted by atomic mass is 127. The fourth-order valence-corrected chi connectivity index (χ4v) is 1.94. The first-order valence-corrected chi connectivity index (χ1v) is 5.17. The summed E-state index contributed by atoms with van der Waals surface area (Å²) in [5, 5.41) is 0. The molecule has 0 spiro atoms. The van der Waals surface area contributed by atoms with Crippen LogP contribution >= 0.6 is 20.7 Å². The first-order chi connectivity index (χ1) is 4.43. The second-order valence-electron chi connectivity index (χ2n) is 1.55. The van der Waals surface area contributed by atoms with Crippen LogP contribution in [0, 0.1) is 11.8 Å². The molecule has 0 aliphatic carbocycles. The maximum atomic E-state index is 3.02. The third-order valence-electron chi connectivity index (χ3n) is 0.871. The van der Waals surface area contributed by atoms with Gasteiger partial charge in [0.25, 0.3) is 0 Å². The lowest BCUT2D eigenvalue weighted by Gasteiger charge is -1.89. The zero-order valence-corrected chi connectivity index (χ0v) is 7.34. The van der Waals surface area contributed by atoms with Crippen molar-refractivity contribution in [3.8, 4) is 11.8 Å². The van der Waals surface area contributed by atoms with Gasteiger partial charge in [0.2, 0.25) is 0 Å². The first-order valence-electron chi connectivity index (χ1n) is 2.68. The second kappa shape index (κ2) is 3.62. The van der Waals surface area contributed by atoms with Crippen LogP contribution in [0.3, 0.4) is 0 Å². The fraction of sp³-hybridized carbons (Fsp3) is 0.125. The first kappa shape index (κ1) is 6.76. The summed E-state index contributed by atoms with van der Waals surface area (Å²) < 4.78 is 4.45. The van der Waals surface area contributed by atoms with E-state index in [2.05, 4.69) is 32.1 Å². The van der Waals surface area contributed by atoms with E-state index in [0.717, 1.165) is 0 Å². The van der Waals surface area contributed by atoms with Crippen molar-refractivity contribution in [2.75, 3.05) is 0 Å². The Morgan fingerprint density at radius 1 is 1.56 bits per heavy atom. The molecular formula is C8H7I. The Morgan fingerprint density at radius 2 is 2.44 bits per heavy atom. The topological polar surface area (TPSA) is 0 Å². The van der Waals surface area contributed by atoms with Gasteiger partial charge in [0.1, 0.15) is 0 Å². The van der Waals surface area contributed by atoms with Crippen molar-refractivity contribution < 1.29 is 0 Å². The van der Waals surface area contributed by atoms with Crippen molar-refractivity contribution in [1.29, 1.82) is 0 Å². The van der Waals surface area contributed by atoms with Crippen LogP contribution in [-0.4, -0.2) is 4.01 Å². The SMILES string of the molecule is CC#CC1=CI=CC=C1. The zero-order valence-electron chi connectivity index (χ0n) is 5.19. The van der Waals surface area contributed by atoms with Crippen molar-refractivity contribution in [2.24, 2.45) is 0 Å². The minimum atomic E-state index is 0.186. The highest BCUT2D eigenvalue weighted by Gasteiger charge is 1.84. The van der Waals surface area contributed by atoms with E-state index < -0.39 is 0 Å². The van der Waals surface area contributed by atoms with Gasteiger partial charge in [-0.1, -0.05) is 32.7 Å². The molecule has 0 unspecified atom stereocenters. The molecule has 0 fully saturated rings. The number of hydrogen-bond donors (Lipinski definition) is 0. The Balaban J connectivity index is 2.80. The molecule has 1 heterocycles. The molecule has 46 valence electrons. The van der Waals surface area contributed by atoms with E-state index in [1.807, 2.05) is 6.92 Å². The highest BCUT2D eigenvalue weighted by molar-refractivity contribution is 14.2. The molecule has 0 nitrogen and oxygen atoms in total. The monoisotopic (exact) mass is 230 g/mol. The zero-order chi connectivity index (χ0) is 6.53. The van der Waals surface area contributed by atoms with Gasteiger partial charge >= 0.3 is 0 Å². The number of hydrogen-bond acceptors (Lipinski definition) is 0. The summed E-state index contributed by atoms with van der Waals surface area (Å²) in [5.41, 5.74) is 1.19.